The van der Waals surface area contributed by atoms with E-state index in [9.17, 15) is 18.3 Å². The summed E-state index contributed by atoms with van der Waals surface area (Å²) in [7, 11) is 0. The van der Waals surface area contributed by atoms with Gasteiger partial charge in [-0.15, -0.1) is 0 Å². The first kappa shape index (κ1) is 27.6. The van der Waals surface area contributed by atoms with Gasteiger partial charge >= 0.3 is 0 Å². The molecule has 210 valence electrons. The van der Waals surface area contributed by atoms with Crippen LogP contribution in [0.4, 0.5) is 27.6 Å². The number of H-pyrrole nitrogens is 1. The number of benzene rings is 2. The van der Waals surface area contributed by atoms with Crippen molar-refractivity contribution >= 4 is 22.7 Å². The number of fused-ring (bicyclic) bond motifs is 3. The molecule has 2 aliphatic rings. The Morgan fingerprint density at radius 1 is 1.18 bits per heavy atom. The molecule has 2 aromatic carbocycles. The summed E-state index contributed by atoms with van der Waals surface area (Å²) in [4.78, 5) is 6.68. The zero-order valence-corrected chi connectivity index (χ0v) is 21.8. The fourth-order valence-corrected chi connectivity index (χ4v) is 5.87. The third-order valence-electron chi connectivity index (χ3n) is 7.80. The van der Waals surface area contributed by atoms with Crippen LogP contribution in [-0.2, 0) is 6.42 Å². The molecule has 3 N–H and O–H groups in total. The minimum atomic E-state index is -3.46. The van der Waals surface area contributed by atoms with Crippen LogP contribution in [0.5, 0.6) is 0 Å². The van der Waals surface area contributed by atoms with E-state index in [1.165, 1.54) is 17.0 Å². The molecule has 0 saturated carbocycles. The lowest BCUT2D eigenvalue weighted by molar-refractivity contribution is -0.0869. The van der Waals surface area contributed by atoms with E-state index < -0.39 is 42.8 Å². The van der Waals surface area contributed by atoms with Crippen molar-refractivity contribution in [2.24, 2.45) is 0 Å². The fraction of sp³-hybridized carbons (Fsp3) is 0.448. The molecule has 0 spiro atoms. The molecule has 10 heteroatoms. The van der Waals surface area contributed by atoms with Gasteiger partial charge in [0.25, 0.3) is 5.92 Å². The quantitative estimate of drug-likeness (QED) is 0.293. The van der Waals surface area contributed by atoms with Crippen molar-refractivity contribution in [3.63, 3.8) is 0 Å². The summed E-state index contributed by atoms with van der Waals surface area (Å²) >= 11 is 0. The molecule has 1 aromatic heterocycles. The summed E-state index contributed by atoms with van der Waals surface area (Å²) in [6, 6.07) is 6.38. The number of halogens is 5. The number of anilines is 1. The number of alkyl halides is 3. The normalized spacial score (nSPS) is 20.7. The fourth-order valence-electron chi connectivity index (χ4n) is 5.87. The SMILES string of the molecule is C=Cc1ccc2c3c([nH]c2c1)[C@@H](c1c(F)cc(NC2CN(CCCF)C2)cc1F)N(CC(F)(F)CO)[C@H](C)C3. The third-order valence-corrected chi connectivity index (χ3v) is 7.80. The molecule has 0 radical (unpaired) electrons. The zero-order chi connectivity index (χ0) is 27.9. The van der Waals surface area contributed by atoms with Crippen molar-refractivity contribution in [1.29, 1.82) is 0 Å². The van der Waals surface area contributed by atoms with Crippen LogP contribution in [0.25, 0.3) is 17.0 Å². The van der Waals surface area contributed by atoms with Gasteiger partial charge < -0.3 is 15.4 Å². The van der Waals surface area contributed by atoms with Gasteiger partial charge in [-0.3, -0.25) is 14.2 Å². The first-order valence-corrected chi connectivity index (χ1v) is 13.2. The van der Waals surface area contributed by atoms with E-state index in [1.54, 1.807) is 13.0 Å². The van der Waals surface area contributed by atoms with Crippen molar-refractivity contribution in [2.75, 3.05) is 44.8 Å². The molecule has 0 aliphatic carbocycles. The number of aromatic nitrogens is 1. The highest BCUT2D eigenvalue weighted by molar-refractivity contribution is 5.87. The van der Waals surface area contributed by atoms with Gasteiger partial charge in [0.1, 0.15) is 18.2 Å². The highest BCUT2D eigenvalue weighted by Crippen LogP contribution is 2.44. The van der Waals surface area contributed by atoms with Crippen LogP contribution >= 0.6 is 0 Å². The van der Waals surface area contributed by atoms with E-state index in [1.807, 2.05) is 18.2 Å². The highest BCUT2D eigenvalue weighted by atomic mass is 19.3. The number of aliphatic hydroxyl groups is 1. The Bertz CT molecular complexity index is 1330. The Morgan fingerprint density at radius 2 is 1.90 bits per heavy atom. The van der Waals surface area contributed by atoms with Gasteiger partial charge in [0.05, 0.1) is 25.3 Å². The molecular weight excluding hydrogens is 515 g/mol. The van der Waals surface area contributed by atoms with Gasteiger partial charge in [-0.1, -0.05) is 24.8 Å². The molecule has 5 rings (SSSR count). The predicted molar refractivity (Wildman–Crippen MR) is 143 cm³/mol. The maximum atomic E-state index is 15.8. The number of nitrogens with zero attached hydrogens (tertiary/aromatic N) is 2. The summed E-state index contributed by atoms with van der Waals surface area (Å²) in [6.07, 6.45) is 2.52. The molecule has 3 aromatic rings. The lowest BCUT2D eigenvalue weighted by Gasteiger charge is -2.42. The molecule has 0 unspecified atom stereocenters. The molecule has 2 aliphatic heterocycles. The van der Waals surface area contributed by atoms with E-state index in [0.29, 0.717) is 38.2 Å². The predicted octanol–water partition coefficient (Wildman–Crippen LogP) is 5.51. The van der Waals surface area contributed by atoms with E-state index >= 15 is 8.78 Å². The Hall–Kier alpha value is -2.95. The van der Waals surface area contributed by atoms with E-state index in [-0.39, 0.29) is 24.0 Å². The Balaban J connectivity index is 1.53. The van der Waals surface area contributed by atoms with Gasteiger partial charge in [-0.2, -0.15) is 0 Å². The average molecular weight is 549 g/mol. The summed E-state index contributed by atoms with van der Waals surface area (Å²) < 4.78 is 73.0. The minimum Gasteiger partial charge on any atom is -0.390 e. The van der Waals surface area contributed by atoms with E-state index in [4.69, 9.17) is 0 Å². The van der Waals surface area contributed by atoms with Crippen molar-refractivity contribution in [3.8, 4) is 0 Å². The number of rotatable bonds is 10. The zero-order valence-electron chi connectivity index (χ0n) is 21.8. The van der Waals surface area contributed by atoms with Gasteiger partial charge in [0.2, 0.25) is 0 Å². The van der Waals surface area contributed by atoms with E-state index in [0.717, 1.165) is 22.0 Å². The number of likely N-dealkylation sites (tertiary alicyclic amines) is 1. The second-order valence-electron chi connectivity index (χ2n) is 10.7. The first-order chi connectivity index (χ1) is 18.6. The molecule has 39 heavy (non-hydrogen) atoms. The van der Waals surface area contributed by atoms with Crippen LogP contribution < -0.4 is 5.32 Å². The molecule has 2 atom stereocenters. The second kappa shape index (κ2) is 10.9. The van der Waals surface area contributed by atoms with Crippen LogP contribution in [0.1, 0.15) is 41.8 Å². The minimum absolute atomic E-state index is 0.0249. The Labute approximate surface area is 224 Å². The molecule has 0 bridgehead atoms. The number of aromatic amines is 1. The van der Waals surface area contributed by atoms with Gasteiger partial charge in [-0.25, -0.2) is 17.6 Å². The molecule has 1 saturated heterocycles. The van der Waals surface area contributed by atoms with Crippen LogP contribution in [0.3, 0.4) is 0 Å². The largest absolute Gasteiger partial charge is 0.390 e. The summed E-state index contributed by atoms with van der Waals surface area (Å²) in [6.45, 7) is 4.82. The maximum absolute atomic E-state index is 15.8. The summed E-state index contributed by atoms with van der Waals surface area (Å²) in [5.74, 6) is -5.16. The second-order valence-corrected chi connectivity index (χ2v) is 10.7. The van der Waals surface area contributed by atoms with Gasteiger partial charge in [0, 0.05) is 53.5 Å². The maximum Gasteiger partial charge on any atom is 0.283 e. The molecule has 3 heterocycles. The van der Waals surface area contributed by atoms with Gasteiger partial charge in [0.15, 0.2) is 0 Å². The third kappa shape index (κ3) is 5.42. The monoisotopic (exact) mass is 548 g/mol. The van der Waals surface area contributed by atoms with Crippen molar-refractivity contribution < 1.29 is 27.1 Å². The van der Waals surface area contributed by atoms with Crippen molar-refractivity contribution in [3.05, 3.63) is 70.9 Å². The van der Waals surface area contributed by atoms with Crippen LogP contribution in [-0.4, -0.2) is 77.4 Å². The van der Waals surface area contributed by atoms with Crippen LogP contribution in [0, 0.1) is 11.6 Å². The average Bonchev–Trinajstić information content (AvgIpc) is 3.23. The van der Waals surface area contributed by atoms with Crippen molar-refractivity contribution in [2.45, 2.75) is 43.8 Å². The molecule has 1 fully saturated rings. The number of aliphatic hydroxyl groups excluding tert-OH is 1. The summed E-state index contributed by atoms with van der Waals surface area (Å²) in [5, 5.41) is 13.3. The molecule has 0 amide bonds. The van der Waals surface area contributed by atoms with Crippen molar-refractivity contribution in [1.82, 2.24) is 14.8 Å². The molecular formula is C29H33F5N4O. The number of hydrogen-bond acceptors (Lipinski definition) is 4. The van der Waals surface area contributed by atoms with Crippen LogP contribution in [0.15, 0.2) is 36.9 Å². The topological polar surface area (TPSA) is 54.5 Å². The number of hydrogen-bond donors (Lipinski definition) is 3. The lowest BCUT2D eigenvalue weighted by Crippen LogP contribution is -2.54. The lowest BCUT2D eigenvalue weighted by atomic mass is 9.87. The summed E-state index contributed by atoms with van der Waals surface area (Å²) in [5.41, 5.74) is 2.79. The smallest absolute Gasteiger partial charge is 0.283 e. The standard InChI is InChI=1S/C29H33F5N4O/c1-3-18-5-6-21-22-9-17(2)38(15-29(33,34)16-39)28(27(22)36-25(21)10-18)26-23(31)11-19(12-24(26)32)35-20-13-37(14-20)8-4-7-30/h3,5-6,10-12,17,20,28,35-36,39H,1,4,7-9,13-16H2,2H3/t17-,28-/m1/s1. The highest BCUT2D eigenvalue weighted by Gasteiger charge is 2.43. The Kier molecular flexibility index (Phi) is 7.72. The van der Waals surface area contributed by atoms with Crippen LogP contribution in [0.2, 0.25) is 0 Å². The van der Waals surface area contributed by atoms with Gasteiger partial charge in [-0.05, 0) is 49.1 Å². The van der Waals surface area contributed by atoms with E-state index in [2.05, 4.69) is 21.8 Å². The Morgan fingerprint density at radius 3 is 2.54 bits per heavy atom. The molecule has 5 nitrogen and oxygen atoms in total. The first-order valence-electron chi connectivity index (χ1n) is 13.2. The number of nitrogens with one attached hydrogen (secondary N) is 2.